The summed E-state index contributed by atoms with van der Waals surface area (Å²) in [6.07, 6.45) is 6.47. The number of methoxy groups -OCH3 is 1. The van der Waals surface area contributed by atoms with E-state index < -0.39 is 0 Å². The minimum absolute atomic E-state index is 0.0653. The standard InChI is InChI=1S/C23H32N2O3/c1-15(21-12-17-3-6-18(21)11-17)24-23(27)19-13-22(26)25(14-19)10-9-16-4-7-20(28-2)8-5-16/h4-5,7-8,15,17-19,21H,3,6,9-14H2,1-2H3,(H,24,27)/t15-,17+,18+,19-,21+/m1/s1. The van der Waals surface area contributed by atoms with Crippen LogP contribution in [0.2, 0.25) is 0 Å². The van der Waals surface area contributed by atoms with E-state index in [4.69, 9.17) is 4.74 Å². The van der Waals surface area contributed by atoms with E-state index in [2.05, 4.69) is 12.2 Å². The van der Waals surface area contributed by atoms with Gasteiger partial charge in [-0.1, -0.05) is 18.6 Å². The molecule has 2 aliphatic carbocycles. The third-order valence-corrected chi connectivity index (χ3v) is 7.22. The fourth-order valence-electron chi connectivity index (χ4n) is 5.58. The number of hydrogen-bond donors (Lipinski definition) is 1. The van der Waals surface area contributed by atoms with Crippen LogP contribution < -0.4 is 10.1 Å². The molecule has 5 nitrogen and oxygen atoms in total. The molecule has 0 spiro atoms. The summed E-state index contributed by atoms with van der Waals surface area (Å²) < 4.78 is 5.18. The Kier molecular flexibility index (Phi) is 5.61. The minimum Gasteiger partial charge on any atom is -0.497 e. The highest BCUT2D eigenvalue weighted by atomic mass is 16.5. The zero-order valence-corrected chi connectivity index (χ0v) is 17.0. The summed E-state index contributed by atoms with van der Waals surface area (Å²) in [5, 5.41) is 3.24. The number of ether oxygens (including phenoxy) is 1. The lowest BCUT2D eigenvalue weighted by Gasteiger charge is -2.29. The zero-order valence-electron chi connectivity index (χ0n) is 17.0. The van der Waals surface area contributed by atoms with Crippen molar-refractivity contribution < 1.29 is 14.3 Å². The van der Waals surface area contributed by atoms with Gasteiger partial charge in [0, 0.05) is 25.6 Å². The zero-order chi connectivity index (χ0) is 19.7. The number of carbonyl (C=O) groups is 2. The summed E-state index contributed by atoms with van der Waals surface area (Å²) in [5.41, 5.74) is 1.17. The van der Waals surface area contributed by atoms with Gasteiger partial charge in [0.1, 0.15) is 5.75 Å². The van der Waals surface area contributed by atoms with Crippen molar-refractivity contribution in [1.29, 1.82) is 0 Å². The Hall–Kier alpha value is -2.04. The monoisotopic (exact) mass is 384 g/mol. The maximum absolute atomic E-state index is 12.8. The lowest BCUT2D eigenvalue weighted by Crippen LogP contribution is -2.43. The second kappa shape index (κ2) is 8.14. The molecule has 2 amide bonds. The number of hydrogen-bond acceptors (Lipinski definition) is 3. The first-order valence-electron chi connectivity index (χ1n) is 10.7. The van der Waals surface area contributed by atoms with Crippen LogP contribution in [-0.4, -0.2) is 43.0 Å². The average Bonchev–Trinajstić information content (AvgIpc) is 3.42. The Morgan fingerprint density at radius 2 is 2.04 bits per heavy atom. The average molecular weight is 385 g/mol. The summed E-state index contributed by atoms with van der Waals surface area (Å²) in [6, 6.07) is 8.16. The van der Waals surface area contributed by atoms with Gasteiger partial charge in [-0.25, -0.2) is 0 Å². The minimum atomic E-state index is -0.204. The number of benzene rings is 1. The van der Waals surface area contributed by atoms with E-state index >= 15 is 0 Å². The molecule has 5 atom stereocenters. The molecular formula is C23H32N2O3. The first-order valence-corrected chi connectivity index (χ1v) is 10.7. The van der Waals surface area contributed by atoms with E-state index in [9.17, 15) is 9.59 Å². The van der Waals surface area contributed by atoms with Crippen LogP contribution in [0.5, 0.6) is 5.75 Å². The van der Waals surface area contributed by atoms with Crippen molar-refractivity contribution in [3.63, 3.8) is 0 Å². The number of likely N-dealkylation sites (tertiary alicyclic amines) is 1. The summed E-state index contributed by atoms with van der Waals surface area (Å²) in [5.74, 6) is 3.11. The Bertz CT molecular complexity index is 717. The van der Waals surface area contributed by atoms with Crippen molar-refractivity contribution in [2.24, 2.45) is 23.7 Å². The smallest absolute Gasteiger partial charge is 0.225 e. The lowest BCUT2D eigenvalue weighted by atomic mass is 9.84. The van der Waals surface area contributed by atoms with E-state index in [1.165, 1.54) is 31.2 Å². The maximum Gasteiger partial charge on any atom is 0.225 e. The van der Waals surface area contributed by atoms with Crippen LogP contribution in [0.15, 0.2) is 24.3 Å². The van der Waals surface area contributed by atoms with Crippen LogP contribution >= 0.6 is 0 Å². The summed E-state index contributed by atoms with van der Waals surface area (Å²) in [4.78, 5) is 27.0. The van der Waals surface area contributed by atoms with E-state index in [1.807, 2.05) is 29.2 Å². The molecule has 1 N–H and O–H groups in total. The molecule has 0 unspecified atom stereocenters. The molecular weight excluding hydrogens is 352 g/mol. The Morgan fingerprint density at radius 3 is 2.68 bits per heavy atom. The molecule has 1 aromatic rings. The van der Waals surface area contributed by atoms with Gasteiger partial charge in [-0.2, -0.15) is 0 Å². The lowest BCUT2D eigenvalue weighted by molar-refractivity contribution is -0.129. The summed E-state index contributed by atoms with van der Waals surface area (Å²) >= 11 is 0. The van der Waals surface area contributed by atoms with Crippen molar-refractivity contribution in [2.45, 2.75) is 51.5 Å². The third-order valence-electron chi connectivity index (χ3n) is 7.22. The predicted molar refractivity (Wildman–Crippen MR) is 108 cm³/mol. The molecule has 2 saturated carbocycles. The number of fused-ring (bicyclic) bond motifs is 2. The van der Waals surface area contributed by atoms with Crippen molar-refractivity contribution in [2.75, 3.05) is 20.2 Å². The van der Waals surface area contributed by atoms with Crippen molar-refractivity contribution in [3.8, 4) is 5.75 Å². The molecule has 152 valence electrons. The van der Waals surface area contributed by atoms with Gasteiger partial charge in [0.15, 0.2) is 0 Å². The molecule has 3 aliphatic rings. The second-order valence-corrected chi connectivity index (χ2v) is 8.97. The molecule has 1 aliphatic heterocycles. The molecule has 4 rings (SSSR count). The molecule has 3 fully saturated rings. The van der Waals surface area contributed by atoms with Crippen LogP contribution in [0.4, 0.5) is 0 Å². The van der Waals surface area contributed by atoms with Gasteiger partial charge >= 0.3 is 0 Å². The van der Waals surface area contributed by atoms with E-state index in [-0.39, 0.29) is 23.8 Å². The summed E-state index contributed by atoms with van der Waals surface area (Å²) in [7, 11) is 1.65. The molecule has 28 heavy (non-hydrogen) atoms. The first kappa shape index (κ1) is 19.3. The molecule has 0 radical (unpaired) electrons. The number of carbonyl (C=O) groups excluding carboxylic acids is 2. The Morgan fingerprint density at radius 1 is 1.25 bits per heavy atom. The molecule has 2 bridgehead atoms. The number of amides is 2. The second-order valence-electron chi connectivity index (χ2n) is 8.97. The fourth-order valence-corrected chi connectivity index (χ4v) is 5.58. The first-order chi connectivity index (χ1) is 13.5. The molecule has 1 heterocycles. The van der Waals surface area contributed by atoms with Gasteiger partial charge in [-0.05, 0) is 68.1 Å². The van der Waals surface area contributed by atoms with Crippen LogP contribution in [-0.2, 0) is 16.0 Å². The highest BCUT2D eigenvalue weighted by Gasteiger charge is 2.43. The topological polar surface area (TPSA) is 58.6 Å². The number of rotatable bonds is 7. The third kappa shape index (κ3) is 4.03. The fraction of sp³-hybridized carbons (Fsp3) is 0.652. The Balaban J connectivity index is 1.25. The van der Waals surface area contributed by atoms with Gasteiger partial charge < -0.3 is 15.0 Å². The van der Waals surface area contributed by atoms with Crippen molar-refractivity contribution in [1.82, 2.24) is 10.2 Å². The Labute approximate surface area is 167 Å². The van der Waals surface area contributed by atoms with Crippen LogP contribution in [0.3, 0.4) is 0 Å². The normalized spacial score (nSPS) is 29.9. The maximum atomic E-state index is 12.8. The van der Waals surface area contributed by atoms with E-state index in [0.717, 1.165) is 24.0 Å². The molecule has 1 aromatic carbocycles. The SMILES string of the molecule is COc1ccc(CCN2C[C@H](C(=O)N[C@H](C)[C@@H]3C[C@H]4CC[C@H]3C4)CC2=O)cc1. The van der Waals surface area contributed by atoms with Gasteiger partial charge in [-0.15, -0.1) is 0 Å². The quantitative estimate of drug-likeness (QED) is 0.786. The van der Waals surface area contributed by atoms with Gasteiger partial charge in [-0.3, -0.25) is 9.59 Å². The van der Waals surface area contributed by atoms with Gasteiger partial charge in [0.05, 0.1) is 13.0 Å². The number of nitrogens with one attached hydrogen (secondary N) is 1. The number of nitrogens with zero attached hydrogens (tertiary/aromatic N) is 1. The van der Waals surface area contributed by atoms with Crippen molar-refractivity contribution >= 4 is 11.8 Å². The molecule has 5 heteroatoms. The highest BCUT2D eigenvalue weighted by molar-refractivity contribution is 5.89. The van der Waals surface area contributed by atoms with Crippen molar-refractivity contribution in [3.05, 3.63) is 29.8 Å². The highest BCUT2D eigenvalue weighted by Crippen LogP contribution is 2.49. The van der Waals surface area contributed by atoms with E-state index in [1.54, 1.807) is 7.11 Å². The molecule has 0 aromatic heterocycles. The van der Waals surface area contributed by atoms with Crippen LogP contribution in [0.25, 0.3) is 0 Å². The van der Waals surface area contributed by atoms with Gasteiger partial charge in [0.25, 0.3) is 0 Å². The summed E-state index contributed by atoms with van der Waals surface area (Å²) in [6.45, 7) is 3.36. The molecule has 1 saturated heterocycles. The van der Waals surface area contributed by atoms with Crippen LogP contribution in [0, 0.1) is 23.7 Å². The predicted octanol–water partition coefficient (Wildman–Crippen LogP) is 3.03. The van der Waals surface area contributed by atoms with Crippen LogP contribution in [0.1, 0.15) is 44.6 Å². The van der Waals surface area contributed by atoms with Gasteiger partial charge in [0.2, 0.25) is 11.8 Å². The largest absolute Gasteiger partial charge is 0.497 e. The van der Waals surface area contributed by atoms with E-state index in [0.29, 0.717) is 25.4 Å².